The molecule has 0 saturated heterocycles. The smallest absolute Gasteiger partial charge is 0.307 e. The number of amides is 1. The van der Waals surface area contributed by atoms with Crippen molar-refractivity contribution in [1.82, 2.24) is 5.43 Å². The lowest BCUT2D eigenvalue weighted by molar-refractivity contribution is -0.307. The first kappa shape index (κ1) is 16.3. The standard InChI is InChI=1S/C16H16N2O5/c1-2-13(17-18-16(21)14-4-3-9-22-14)11-5-7-12(8-6-11)23-10-15(19)20/h3-9H,2,10H2,1H3,(H,18,21)(H,19,20)/p-1/b17-13-. The van der Waals surface area contributed by atoms with E-state index in [4.69, 9.17) is 9.15 Å². The summed E-state index contributed by atoms with van der Waals surface area (Å²) in [7, 11) is 0. The molecule has 2 rings (SSSR count). The van der Waals surface area contributed by atoms with Gasteiger partial charge in [0.15, 0.2) is 5.76 Å². The van der Waals surface area contributed by atoms with E-state index in [2.05, 4.69) is 10.5 Å². The molecule has 1 heterocycles. The molecule has 1 amide bonds. The molecule has 0 unspecified atom stereocenters. The fourth-order valence-electron chi connectivity index (χ4n) is 1.81. The molecule has 2 aromatic rings. The molecule has 0 aliphatic rings. The van der Waals surface area contributed by atoms with E-state index in [1.165, 1.54) is 6.26 Å². The minimum absolute atomic E-state index is 0.176. The van der Waals surface area contributed by atoms with Gasteiger partial charge in [-0.05, 0) is 48.4 Å². The lowest BCUT2D eigenvalue weighted by atomic mass is 10.1. The molecule has 23 heavy (non-hydrogen) atoms. The number of hydrogen-bond donors (Lipinski definition) is 1. The summed E-state index contributed by atoms with van der Waals surface area (Å²) < 4.78 is 9.98. The van der Waals surface area contributed by atoms with E-state index in [9.17, 15) is 14.7 Å². The van der Waals surface area contributed by atoms with Crippen LogP contribution in [0, 0.1) is 0 Å². The second-order valence-electron chi connectivity index (χ2n) is 4.52. The summed E-state index contributed by atoms with van der Waals surface area (Å²) in [5.74, 6) is -1.14. The van der Waals surface area contributed by atoms with Crippen molar-refractivity contribution in [2.45, 2.75) is 13.3 Å². The molecule has 7 nitrogen and oxygen atoms in total. The van der Waals surface area contributed by atoms with Crippen molar-refractivity contribution in [2.75, 3.05) is 6.61 Å². The number of furan rings is 1. The predicted molar refractivity (Wildman–Crippen MR) is 79.9 cm³/mol. The molecule has 1 N–H and O–H groups in total. The van der Waals surface area contributed by atoms with Gasteiger partial charge in [0, 0.05) is 0 Å². The number of rotatable bonds is 7. The number of carbonyl (C=O) groups is 2. The van der Waals surface area contributed by atoms with Gasteiger partial charge in [0.2, 0.25) is 0 Å². The van der Waals surface area contributed by atoms with E-state index in [-0.39, 0.29) is 5.76 Å². The van der Waals surface area contributed by atoms with E-state index in [1.807, 2.05) is 6.92 Å². The second-order valence-corrected chi connectivity index (χ2v) is 4.52. The maximum Gasteiger partial charge on any atom is 0.307 e. The van der Waals surface area contributed by atoms with Crippen LogP contribution in [0.3, 0.4) is 0 Å². The maximum absolute atomic E-state index is 11.8. The van der Waals surface area contributed by atoms with Crippen molar-refractivity contribution in [3.05, 3.63) is 54.0 Å². The van der Waals surface area contributed by atoms with Gasteiger partial charge < -0.3 is 19.1 Å². The van der Waals surface area contributed by atoms with Crippen LogP contribution in [0.4, 0.5) is 0 Å². The first-order chi connectivity index (χ1) is 11.1. The number of nitrogens with one attached hydrogen (secondary N) is 1. The summed E-state index contributed by atoms with van der Waals surface area (Å²) in [5, 5.41) is 14.4. The molecule has 0 radical (unpaired) electrons. The van der Waals surface area contributed by atoms with E-state index < -0.39 is 18.5 Å². The molecule has 0 spiro atoms. The van der Waals surface area contributed by atoms with Crippen LogP contribution in [0.15, 0.2) is 52.2 Å². The number of hydrogen-bond acceptors (Lipinski definition) is 6. The largest absolute Gasteiger partial charge is 0.546 e. The Bertz CT molecular complexity index is 690. The molecular formula is C16H15N2O5-. The van der Waals surface area contributed by atoms with Gasteiger partial charge in [0.1, 0.15) is 12.4 Å². The van der Waals surface area contributed by atoms with Crippen LogP contribution in [-0.2, 0) is 4.79 Å². The zero-order chi connectivity index (χ0) is 16.7. The molecule has 0 atom stereocenters. The van der Waals surface area contributed by atoms with Crippen molar-refractivity contribution < 1.29 is 23.8 Å². The van der Waals surface area contributed by atoms with E-state index in [1.54, 1.807) is 36.4 Å². The summed E-state index contributed by atoms with van der Waals surface area (Å²) in [6.45, 7) is 1.39. The fourth-order valence-corrected chi connectivity index (χ4v) is 1.81. The van der Waals surface area contributed by atoms with E-state index >= 15 is 0 Å². The number of aliphatic carboxylic acids is 1. The molecular weight excluding hydrogens is 300 g/mol. The van der Waals surface area contributed by atoms with Crippen LogP contribution >= 0.6 is 0 Å². The maximum atomic E-state index is 11.8. The zero-order valence-corrected chi connectivity index (χ0v) is 12.4. The average Bonchev–Trinajstić information content (AvgIpc) is 3.09. The Morgan fingerprint density at radius 3 is 2.57 bits per heavy atom. The molecule has 0 aliphatic carbocycles. The third-order valence-corrected chi connectivity index (χ3v) is 2.92. The van der Waals surface area contributed by atoms with Crippen molar-refractivity contribution >= 4 is 17.6 Å². The summed E-state index contributed by atoms with van der Waals surface area (Å²) in [6, 6.07) is 9.86. The van der Waals surface area contributed by atoms with Gasteiger partial charge >= 0.3 is 5.91 Å². The van der Waals surface area contributed by atoms with Crippen LogP contribution in [-0.4, -0.2) is 24.2 Å². The highest BCUT2D eigenvalue weighted by molar-refractivity contribution is 6.01. The number of hydrazone groups is 1. The van der Waals surface area contributed by atoms with Gasteiger partial charge in [-0.25, -0.2) is 5.43 Å². The number of ether oxygens (including phenoxy) is 1. The monoisotopic (exact) mass is 315 g/mol. The third-order valence-electron chi connectivity index (χ3n) is 2.92. The second kappa shape index (κ2) is 7.79. The first-order valence-corrected chi connectivity index (χ1v) is 6.93. The summed E-state index contributed by atoms with van der Waals surface area (Å²) >= 11 is 0. The highest BCUT2D eigenvalue weighted by atomic mass is 16.5. The number of carboxylic acids is 1. The van der Waals surface area contributed by atoms with Gasteiger partial charge in [0.25, 0.3) is 0 Å². The fraction of sp³-hybridized carbons (Fsp3) is 0.188. The van der Waals surface area contributed by atoms with Gasteiger partial charge in [-0.3, -0.25) is 4.79 Å². The quantitative estimate of drug-likeness (QED) is 0.605. The molecule has 0 saturated carbocycles. The van der Waals surface area contributed by atoms with Crippen LogP contribution in [0.1, 0.15) is 29.5 Å². The Labute approximate surface area is 132 Å². The van der Waals surface area contributed by atoms with E-state index in [0.29, 0.717) is 17.9 Å². The Balaban J connectivity index is 2.03. The Hall–Kier alpha value is -3.09. The Morgan fingerprint density at radius 1 is 1.26 bits per heavy atom. The highest BCUT2D eigenvalue weighted by Crippen LogP contribution is 2.14. The lowest BCUT2D eigenvalue weighted by Crippen LogP contribution is -2.28. The molecule has 0 aliphatic heterocycles. The topological polar surface area (TPSA) is 104 Å². The number of carboxylic acid groups (broad SMARTS) is 1. The van der Waals surface area contributed by atoms with Gasteiger partial charge in [0.05, 0.1) is 17.9 Å². The van der Waals surface area contributed by atoms with Crippen LogP contribution in [0.2, 0.25) is 0 Å². The summed E-state index contributed by atoms with van der Waals surface area (Å²) in [6.07, 6.45) is 2.00. The van der Waals surface area contributed by atoms with Crippen molar-refractivity contribution in [1.29, 1.82) is 0 Å². The molecule has 1 aromatic heterocycles. The average molecular weight is 315 g/mol. The Morgan fingerprint density at radius 2 is 2.00 bits per heavy atom. The number of carbonyl (C=O) groups excluding carboxylic acids is 2. The van der Waals surface area contributed by atoms with Crippen molar-refractivity contribution in [3.63, 3.8) is 0 Å². The zero-order valence-electron chi connectivity index (χ0n) is 12.4. The molecule has 1 aromatic carbocycles. The lowest BCUT2D eigenvalue weighted by Gasteiger charge is -2.08. The van der Waals surface area contributed by atoms with Crippen LogP contribution in [0.5, 0.6) is 5.75 Å². The minimum Gasteiger partial charge on any atom is -0.546 e. The van der Waals surface area contributed by atoms with Gasteiger partial charge in [-0.15, -0.1) is 0 Å². The normalized spacial score (nSPS) is 11.1. The van der Waals surface area contributed by atoms with Crippen molar-refractivity contribution in [2.24, 2.45) is 5.10 Å². The van der Waals surface area contributed by atoms with Crippen LogP contribution in [0.25, 0.3) is 0 Å². The Kier molecular flexibility index (Phi) is 5.51. The molecule has 120 valence electrons. The summed E-state index contributed by atoms with van der Waals surface area (Å²) in [5.41, 5.74) is 3.88. The van der Waals surface area contributed by atoms with Crippen molar-refractivity contribution in [3.8, 4) is 5.75 Å². The number of benzene rings is 1. The number of nitrogens with zero attached hydrogens (tertiary/aromatic N) is 1. The van der Waals surface area contributed by atoms with Crippen LogP contribution < -0.4 is 15.3 Å². The van der Waals surface area contributed by atoms with Gasteiger partial charge in [-0.1, -0.05) is 6.92 Å². The van der Waals surface area contributed by atoms with Gasteiger partial charge in [-0.2, -0.15) is 5.10 Å². The third kappa shape index (κ3) is 4.70. The SMILES string of the molecule is CC/C(=N/NC(=O)c1ccco1)c1ccc(OCC(=O)[O-])cc1. The summed E-state index contributed by atoms with van der Waals surface area (Å²) in [4.78, 5) is 22.1. The minimum atomic E-state index is -1.29. The molecule has 0 fully saturated rings. The molecule has 0 bridgehead atoms. The highest BCUT2D eigenvalue weighted by Gasteiger charge is 2.08. The van der Waals surface area contributed by atoms with E-state index in [0.717, 1.165) is 5.56 Å². The first-order valence-electron chi connectivity index (χ1n) is 6.93. The molecule has 7 heteroatoms. The predicted octanol–water partition coefficient (Wildman–Crippen LogP) is 0.952.